The van der Waals surface area contributed by atoms with E-state index in [0.717, 1.165) is 18.8 Å². The molecule has 3 nitrogen and oxygen atoms in total. The van der Waals surface area contributed by atoms with Gasteiger partial charge in [-0.2, -0.15) is 0 Å². The zero-order valence-corrected chi connectivity index (χ0v) is 11.8. The predicted octanol–water partition coefficient (Wildman–Crippen LogP) is 2.66. The largest absolute Gasteiger partial charge is 0.491 e. The van der Waals surface area contributed by atoms with E-state index in [1.807, 2.05) is 24.3 Å². The molecule has 0 radical (unpaired) electrons. The first-order valence-corrected chi connectivity index (χ1v) is 6.87. The van der Waals surface area contributed by atoms with Gasteiger partial charge < -0.3 is 15.2 Å². The predicted molar refractivity (Wildman–Crippen MR) is 80.7 cm³/mol. The number of ether oxygens (including phenoxy) is 1. The Labute approximate surface area is 120 Å². The Bertz CT molecular complexity index is 506. The van der Waals surface area contributed by atoms with Crippen molar-refractivity contribution in [2.75, 3.05) is 13.2 Å². The molecule has 0 fully saturated rings. The van der Waals surface area contributed by atoms with Gasteiger partial charge in [0.05, 0.1) is 6.61 Å². The van der Waals surface area contributed by atoms with Gasteiger partial charge in [-0.25, -0.2) is 0 Å². The lowest BCUT2D eigenvalue weighted by atomic mass is 10.1. The van der Waals surface area contributed by atoms with E-state index in [4.69, 9.17) is 9.84 Å². The first-order valence-electron chi connectivity index (χ1n) is 6.87. The second-order valence-electron chi connectivity index (χ2n) is 4.81. The molecule has 20 heavy (non-hydrogen) atoms. The molecular formula is C17H21NO2. The maximum Gasteiger partial charge on any atom is 0.119 e. The standard InChI is InChI=1S/C17H21NO2/c1-14-2-4-15(5-3-14)12-18-13-16-6-8-17(9-7-16)20-11-10-19/h2-9,18-19H,10-13H2,1H3. The van der Waals surface area contributed by atoms with Crippen molar-refractivity contribution in [2.24, 2.45) is 0 Å². The zero-order valence-electron chi connectivity index (χ0n) is 11.8. The zero-order chi connectivity index (χ0) is 14.2. The minimum atomic E-state index is 0.0415. The molecule has 106 valence electrons. The minimum absolute atomic E-state index is 0.0415. The van der Waals surface area contributed by atoms with E-state index >= 15 is 0 Å². The smallest absolute Gasteiger partial charge is 0.119 e. The van der Waals surface area contributed by atoms with Gasteiger partial charge in [0.2, 0.25) is 0 Å². The highest BCUT2D eigenvalue weighted by atomic mass is 16.5. The lowest BCUT2D eigenvalue weighted by Gasteiger charge is -2.07. The molecule has 0 heterocycles. The molecule has 0 aliphatic rings. The molecule has 0 unspecified atom stereocenters. The van der Waals surface area contributed by atoms with Crippen LogP contribution in [0, 0.1) is 6.92 Å². The molecule has 2 aromatic carbocycles. The Kier molecular flexibility index (Phi) is 5.59. The topological polar surface area (TPSA) is 41.5 Å². The molecule has 0 spiro atoms. The summed E-state index contributed by atoms with van der Waals surface area (Å²) >= 11 is 0. The van der Waals surface area contributed by atoms with E-state index in [2.05, 4.69) is 36.5 Å². The van der Waals surface area contributed by atoms with Crippen LogP contribution < -0.4 is 10.1 Å². The summed E-state index contributed by atoms with van der Waals surface area (Å²) in [5, 5.41) is 12.1. The summed E-state index contributed by atoms with van der Waals surface area (Å²) in [6.45, 7) is 4.17. The summed E-state index contributed by atoms with van der Waals surface area (Å²) in [5.74, 6) is 0.793. The molecule has 0 bridgehead atoms. The van der Waals surface area contributed by atoms with Crippen molar-refractivity contribution in [1.82, 2.24) is 5.32 Å². The van der Waals surface area contributed by atoms with Gasteiger partial charge in [-0.05, 0) is 30.2 Å². The Morgan fingerprint density at radius 3 is 2.00 bits per heavy atom. The third-order valence-corrected chi connectivity index (χ3v) is 3.06. The molecule has 2 aromatic rings. The van der Waals surface area contributed by atoms with E-state index < -0.39 is 0 Å². The molecule has 0 amide bonds. The van der Waals surface area contributed by atoms with Crippen molar-refractivity contribution in [1.29, 1.82) is 0 Å². The van der Waals surface area contributed by atoms with Crippen molar-refractivity contribution in [3.63, 3.8) is 0 Å². The monoisotopic (exact) mass is 271 g/mol. The van der Waals surface area contributed by atoms with Gasteiger partial charge in [0.25, 0.3) is 0 Å². The van der Waals surface area contributed by atoms with Gasteiger partial charge in [0.1, 0.15) is 12.4 Å². The van der Waals surface area contributed by atoms with Crippen LogP contribution in [-0.2, 0) is 13.1 Å². The maximum atomic E-state index is 8.69. The Morgan fingerprint density at radius 2 is 1.45 bits per heavy atom. The second-order valence-corrected chi connectivity index (χ2v) is 4.81. The average molecular weight is 271 g/mol. The van der Waals surface area contributed by atoms with Crippen molar-refractivity contribution in [3.8, 4) is 5.75 Å². The first-order chi connectivity index (χ1) is 9.78. The highest BCUT2D eigenvalue weighted by Gasteiger charge is 1.96. The first kappa shape index (κ1) is 14.6. The summed E-state index contributed by atoms with van der Waals surface area (Å²) < 4.78 is 5.32. The van der Waals surface area contributed by atoms with E-state index in [1.165, 1.54) is 16.7 Å². The molecular weight excluding hydrogens is 250 g/mol. The van der Waals surface area contributed by atoms with E-state index in [9.17, 15) is 0 Å². The fourth-order valence-corrected chi connectivity index (χ4v) is 1.92. The molecule has 0 saturated heterocycles. The summed E-state index contributed by atoms with van der Waals surface area (Å²) in [5.41, 5.74) is 3.79. The number of aryl methyl sites for hydroxylation is 1. The van der Waals surface area contributed by atoms with Crippen LogP contribution >= 0.6 is 0 Å². The quantitative estimate of drug-likeness (QED) is 0.813. The fraction of sp³-hybridized carbons (Fsp3) is 0.294. The molecule has 2 rings (SSSR count). The van der Waals surface area contributed by atoms with Crippen molar-refractivity contribution in [2.45, 2.75) is 20.0 Å². The highest BCUT2D eigenvalue weighted by molar-refractivity contribution is 5.27. The summed E-state index contributed by atoms with van der Waals surface area (Å²) in [7, 11) is 0. The van der Waals surface area contributed by atoms with Crippen LogP contribution in [0.25, 0.3) is 0 Å². The summed E-state index contributed by atoms with van der Waals surface area (Å²) in [6, 6.07) is 16.5. The molecule has 0 atom stereocenters. The van der Waals surface area contributed by atoms with Crippen LogP contribution in [0.15, 0.2) is 48.5 Å². The van der Waals surface area contributed by atoms with Crippen LogP contribution in [-0.4, -0.2) is 18.3 Å². The summed E-state index contributed by atoms with van der Waals surface area (Å²) in [4.78, 5) is 0. The van der Waals surface area contributed by atoms with Crippen molar-refractivity contribution < 1.29 is 9.84 Å². The number of aliphatic hydroxyl groups excluding tert-OH is 1. The third kappa shape index (κ3) is 4.68. The highest BCUT2D eigenvalue weighted by Crippen LogP contribution is 2.12. The normalized spacial score (nSPS) is 10.5. The van der Waals surface area contributed by atoms with Crippen LogP contribution in [0.1, 0.15) is 16.7 Å². The number of aliphatic hydroxyl groups is 1. The van der Waals surface area contributed by atoms with Gasteiger partial charge in [-0.1, -0.05) is 42.0 Å². The molecule has 2 N–H and O–H groups in total. The van der Waals surface area contributed by atoms with Crippen LogP contribution in [0.4, 0.5) is 0 Å². The fourth-order valence-electron chi connectivity index (χ4n) is 1.92. The van der Waals surface area contributed by atoms with E-state index in [-0.39, 0.29) is 6.61 Å². The molecule has 0 aliphatic heterocycles. The average Bonchev–Trinajstić information content (AvgIpc) is 2.48. The Balaban J connectivity index is 1.77. The lowest BCUT2D eigenvalue weighted by molar-refractivity contribution is 0.201. The van der Waals surface area contributed by atoms with Crippen molar-refractivity contribution in [3.05, 3.63) is 65.2 Å². The van der Waals surface area contributed by atoms with Gasteiger partial charge >= 0.3 is 0 Å². The Hall–Kier alpha value is -1.84. The minimum Gasteiger partial charge on any atom is -0.491 e. The van der Waals surface area contributed by atoms with Gasteiger partial charge in [0, 0.05) is 13.1 Å². The van der Waals surface area contributed by atoms with Gasteiger partial charge in [-0.15, -0.1) is 0 Å². The SMILES string of the molecule is Cc1ccc(CNCc2ccc(OCCO)cc2)cc1. The maximum absolute atomic E-state index is 8.69. The lowest BCUT2D eigenvalue weighted by Crippen LogP contribution is -2.12. The Morgan fingerprint density at radius 1 is 0.900 bits per heavy atom. The number of rotatable bonds is 7. The van der Waals surface area contributed by atoms with Crippen molar-refractivity contribution >= 4 is 0 Å². The van der Waals surface area contributed by atoms with Crippen LogP contribution in [0.3, 0.4) is 0 Å². The number of hydrogen-bond acceptors (Lipinski definition) is 3. The van der Waals surface area contributed by atoms with E-state index in [0.29, 0.717) is 6.61 Å². The van der Waals surface area contributed by atoms with E-state index in [1.54, 1.807) is 0 Å². The number of hydrogen-bond donors (Lipinski definition) is 2. The summed E-state index contributed by atoms with van der Waals surface area (Å²) in [6.07, 6.45) is 0. The molecule has 3 heteroatoms. The third-order valence-electron chi connectivity index (χ3n) is 3.06. The number of benzene rings is 2. The van der Waals surface area contributed by atoms with Crippen LogP contribution in [0.5, 0.6) is 5.75 Å². The van der Waals surface area contributed by atoms with Gasteiger partial charge in [0.15, 0.2) is 0 Å². The second kappa shape index (κ2) is 7.68. The molecule has 0 aromatic heterocycles. The van der Waals surface area contributed by atoms with Gasteiger partial charge in [-0.3, -0.25) is 0 Å². The number of nitrogens with one attached hydrogen (secondary N) is 1. The van der Waals surface area contributed by atoms with Crippen LogP contribution in [0.2, 0.25) is 0 Å². The molecule has 0 saturated carbocycles. The molecule has 0 aliphatic carbocycles.